The molecular formula is C17H16N4OS. The summed E-state index contributed by atoms with van der Waals surface area (Å²) in [5, 5.41) is 8.45. The number of aromatic nitrogens is 3. The van der Waals surface area contributed by atoms with Crippen molar-refractivity contribution in [1.29, 1.82) is 0 Å². The maximum absolute atomic E-state index is 12.3. The molecule has 1 N–H and O–H groups in total. The fraction of sp³-hybridized carbons (Fsp3) is 0.176. The predicted octanol–water partition coefficient (Wildman–Crippen LogP) is 2.96. The van der Waals surface area contributed by atoms with Crippen molar-refractivity contribution in [3.8, 4) is 0 Å². The SMILES string of the molecule is Cc1ccc(C[C@H](NC(=O)c2csnn2)c2ccccn2)cc1. The normalized spacial score (nSPS) is 11.9. The maximum atomic E-state index is 12.3. The van der Waals surface area contributed by atoms with E-state index in [9.17, 15) is 4.79 Å². The third-order valence-corrected chi connectivity index (χ3v) is 4.01. The molecule has 0 aliphatic carbocycles. The van der Waals surface area contributed by atoms with Crippen LogP contribution in [0.5, 0.6) is 0 Å². The zero-order chi connectivity index (χ0) is 16.1. The van der Waals surface area contributed by atoms with Crippen LogP contribution in [0.1, 0.15) is 33.4 Å². The van der Waals surface area contributed by atoms with E-state index in [1.54, 1.807) is 11.6 Å². The molecule has 2 aromatic heterocycles. The number of nitrogens with one attached hydrogen (secondary N) is 1. The number of hydrogen-bond acceptors (Lipinski definition) is 5. The highest BCUT2D eigenvalue weighted by atomic mass is 32.1. The molecule has 5 nitrogen and oxygen atoms in total. The zero-order valence-corrected chi connectivity index (χ0v) is 13.5. The third-order valence-electron chi connectivity index (χ3n) is 3.50. The molecule has 0 saturated heterocycles. The van der Waals surface area contributed by atoms with Gasteiger partial charge in [-0.05, 0) is 42.6 Å². The number of nitrogens with zero attached hydrogens (tertiary/aromatic N) is 3. The summed E-state index contributed by atoms with van der Waals surface area (Å²) in [4.78, 5) is 16.7. The largest absolute Gasteiger partial charge is 0.342 e. The summed E-state index contributed by atoms with van der Waals surface area (Å²) in [7, 11) is 0. The number of pyridine rings is 1. The lowest BCUT2D eigenvalue weighted by molar-refractivity contribution is 0.0930. The van der Waals surface area contributed by atoms with Gasteiger partial charge in [0.2, 0.25) is 0 Å². The molecule has 0 fully saturated rings. The lowest BCUT2D eigenvalue weighted by atomic mass is 10.0. The van der Waals surface area contributed by atoms with E-state index in [2.05, 4.69) is 51.1 Å². The van der Waals surface area contributed by atoms with Gasteiger partial charge in [0, 0.05) is 11.6 Å². The van der Waals surface area contributed by atoms with E-state index in [-0.39, 0.29) is 11.9 Å². The second kappa shape index (κ2) is 7.11. The van der Waals surface area contributed by atoms with Crippen LogP contribution in [0.3, 0.4) is 0 Å². The van der Waals surface area contributed by atoms with Crippen LogP contribution in [0.4, 0.5) is 0 Å². The van der Waals surface area contributed by atoms with Crippen molar-refractivity contribution in [2.45, 2.75) is 19.4 Å². The van der Waals surface area contributed by atoms with Crippen LogP contribution in [-0.2, 0) is 6.42 Å². The van der Waals surface area contributed by atoms with Crippen molar-refractivity contribution < 1.29 is 4.79 Å². The van der Waals surface area contributed by atoms with Crippen molar-refractivity contribution in [3.63, 3.8) is 0 Å². The zero-order valence-electron chi connectivity index (χ0n) is 12.6. The Balaban J connectivity index is 1.82. The molecule has 1 atom stereocenters. The van der Waals surface area contributed by atoms with E-state index in [1.807, 2.05) is 18.2 Å². The van der Waals surface area contributed by atoms with Gasteiger partial charge in [-0.1, -0.05) is 40.4 Å². The molecule has 0 unspecified atom stereocenters. The average molecular weight is 324 g/mol. The maximum Gasteiger partial charge on any atom is 0.273 e. The van der Waals surface area contributed by atoms with Gasteiger partial charge in [0.15, 0.2) is 5.69 Å². The first-order chi connectivity index (χ1) is 11.2. The minimum atomic E-state index is -0.235. The number of rotatable bonds is 5. The van der Waals surface area contributed by atoms with Crippen molar-refractivity contribution in [3.05, 3.63) is 76.6 Å². The van der Waals surface area contributed by atoms with Crippen molar-refractivity contribution in [2.75, 3.05) is 0 Å². The number of carbonyl (C=O) groups excluding carboxylic acids is 1. The fourth-order valence-corrected chi connectivity index (χ4v) is 2.70. The lowest BCUT2D eigenvalue weighted by Gasteiger charge is -2.18. The molecule has 0 saturated carbocycles. The highest BCUT2D eigenvalue weighted by Crippen LogP contribution is 2.17. The summed E-state index contributed by atoms with van der Waals surface area (Å²) in [5.74, 6) is -0.235. The summed E-state index contributed by atoms with van der Waals surface area (Å²) in [6.07, 6.45) is 2.40. The van der Waals surface area contributed by atoms with Crippen molar-refractivity contribution in [1.82, 2.24) is 19.9 Å². The van der Waals surface area contributed by atoms with Gasteiger partial charge in [0.1, 0.15) is 0 Å². The second-order valence-corrected chi connectivity index (χ2v) is 5.87. The molecule has 0 radical (unpaired) electrons. The predicted molar refractivity (Wildman–Crippen MR) is 89.2 cm³/mol. The Hall–Kier alpha value is -2.60. The Bertz CT molecular complexity index is 757. The van der Waals surface area contributed by atoms with Gasteiger partial charge in [-0.25, -0.2) is 0 Å². The third kappa shape index (κ3) is 3.98. The van der Waals surface area contributed by atoms with E-state index < -0.39 is 0 Å². The van der Waals surface area contributed by atoms with Crippen LogP contribution in [0.15, 0.2) is 54.0 Å². The van der Waals surface area contributed by atoms with Crippen LogP contribution in [-0.4, -0.2) is 20.5 Å². The first-order valence-electron chi connectivity index (χ1n) is 7.27. The van der Waals surface area contributed by atoms with Crippen LogP contribution < -0.4 is 5.32 Å². The van der Waals surface area contributed by atoms with Gasteiger partial charge in [0.25, 0.3) is 5.91 Å². The van der Waals surface area contributed by atoms with Crippen LogP contribution in [0.25, 0.3) is 0 Å². The Morgan fingerprint density at radius 1 is 1.22 bits per heavy atom. The number of benzene rings is 1. The molecule has 1 aromatic carbocycles. The second-order valence-electron chi connectivity index (χ2n) is 5.26. The molecule has 116 valence electrons. The Kier molecular flexibility index (Phi) is 4.73. The van der Waals surface area contributed by atoms with Gasteiger partial charge in [-0.2, -0.15) is 0 Å². The van der Waals surface area contributed by atoms with Gasteiger partial charge >= 0.3 is 0 Å². The minimum Gasteiger partial charge on any atom is -0.342 e. The fourth-order valence-electron chi connectivity index (χ4n) is 2.27. The first-order valence-corrected chi connectivity index (χ1v) is 8.10. The topological polar surface area (TPSA) is 67.8 Å². The standard InChI is InChI=1S/C17H16N4OS/c1-12-5-7-13(8-6-12)10-15(14-4-2-3-9-18-14)19-17(22)16-11-23-21-20-16/h2-9,11,15H,10H2,1H3,(H,19,22)/t15-/m0/s1. The smallest absolute Gasteiger partial charge is 0.273 e. The summed E-state index contributed by atoms with van der Waals surface area (Å²) in [6.45, 7) is 2.05. The molecule has 6 heteroatoms. The summed E-state index contributed by atoms with van der Waals surface area (Å²) < 4.78 is 3.73. The molecule has 0 aliphatic heterocycles. The van der Waals surface area contributed by atoms with Gasteiger partial charge in [-0.3, -0.25) is 9.78 Å². The van der Waals surface area contributed by atoms with E-state index in [0.29, 0.717) is 12.1 Å². The first kappa shape index (κ1) is 15.3. The number of aryl methyl sites for hydroxylation is 1. The Labute approximate surface area is 138 Å². The lowest BCUT2D eigenvalue weighted by Crippen LogP contribution is -2.30. The molecule has 3 rings (SSSR count). The van der Waals surface area contributed by atoms with E-state index in [0.717, 1.165) is 22.8 Å². The average Bonchev–Trinajstić information content (AvgIpc) is 3.12. The van der Waals surface area contributed by atoms with Crippen LogP contribution in [0, 0.1) is 6.92 Å². The number of amides is 1. The molecule has 3 aromatic rings. The van der Waals surface area contributed by atoms with E-state index in [1.165, 1.54) is 5.56 Å². The van der Waals surface area contributed by atoms with Gasteiger partial charge < -0.3 is 5.32 Å². The molecule has 23 heavy (non-hydrogen) atoms. The van der Waals surface area contributed by atoms with Crippen LogP contribution >= 0.6 is 11.5 Å². The molecule has 1 amide bonds. The van der Waals surface area contributed by atoms with Crippen molar-refractivity contribution >= 4 is 17.4 Å². The quantitative estimate of drug-likeness (QED) is 0.783. The molecule has 0 aliphatic rings. The summed E-state index contributed by atoms with van der Waals surface area (Å²) in [6, 6.07) is 13.8. The Morgan fingerprint density at radius 2 is 2.04 bits per heavy atom. The Morgan fingerprint density at radius 3 is 2.70 bits per heavy atom. The van der Waals surface area contributed by atoms with Gasteiger partial charge in [0.05, 0.1) is 11.7 Å². The number of hydrogen-bond donors (Lipinski definition) is 1. The number of carbonyl (C=O) groups is 1. The molecular weight excluding hydrogens is 308 g/mol. The molecule has 2 heterocycles. The highest BCUT2D eigenvalue weighted by molar-refractivity contribution is 7.03. The molecule has 0 bridgehead atoms. The van der Waals surface area contributed by atoms with Crippen LogP contribution in [0.2, 0.25) is 0 Å². The summed E-state index contributed by atoms with van der Waals surface area (Å²) in [5.41, 5.74) is 3.51. The van der Waals surface area contributed by atoms with Gasteiger partial charge in [-0.15, -0.1) is 5.10 Å². The van der Waals surface area contributed by atoms with Crippen molar-refractivity contribution in [2.24, 2.45) is 0 Å². The highest BCUT2D eigenvalue weighted by Gasteiger charge is 2.18. The monoisotopic (exact) mass is 324 g/mol. The van der Waals surface area contributed by atoms with E-state index in [4.69, 9.17) is 0 Å². The minimum absolute atomic E-state index is 0.215. The molecule has 0 spiro atoms. The van der Waals surface area contributed by atoms with E-state index >= 15 is 0 Å². The summed E-state index contributed by atoms with van der Waals surface area (Å²) >= 11 is 1.16.